The SMILES string of the molecule is CN(C)C(=O)CCN1CC2CCC(C1)N2c1nc(OC[C@@]23CCCN2C[C@H](F)C3)nc2c(F)c(-c3c(F)ccc4sc(N)c(C#N)c34)c3c(c12)COC3. The van der Waals surface area contributed by atoms with Gasteiger partial charge in [0.25, 0.3) is 0 Å². The van der Waals surface area contributed by atoms with Gasteiger partial charge in [0.1, 0.15) is 41.0 Å². The molecule has 5 aliphatic heterocycles. The zero-order chi connectivity index (χ0) is 36.8. The number of nitriles is 1. The van der Waals surface area contributed by atoms with Crippen molar-refractivity contribution in [1.29, 1.82) is 5.26 Å². The maximum Gasteiger partial charge on any atom is 0.319 e. The number of anilines is 2. The van der Waals surface area contributed by atoms with Crippen LogP contribution in [0.15, 0.2) is 12.1 Å². The molecule has 2 unspecified atom stereocenters. The summed E-state index contributed by atoms with van der Waals surface area (Å²) in [7, 11) is 3.52. The summed E-state index contributed by atoms with van der Waals surface area (Å²) in [5.74, 6) is -0.822. The Morgan fingerprint density at radius 2 is 1.91 bits per heavy atom. The van der Waals surface area contributed by atoms with Crippen LogP contribution in [0.2, 0.25) is 0 Å². The summed E-state index contributed by atoms with van der Waals surface area (Å²) >= 11 is 1.15. The van der Waals surface area contributed by atoms with Gasteiger partial charge in [0.05, 0.1) is 29.7 Å². The molecule has 2 N–H and O–H groups in total. The van der Waals surface area contributed by atoms with Crippen molar-refractivity contribution in [2.45, 2.75) is 75.5 Å². The molecule has 1 amide bonds. The number of carbonyl (C=O) groups is 1. The van der Waals surface area contributed by atoms with Crippen molar-refractivity contribution in [2.24, 2.45) is 0 Å². The van der Waals surface area contributed by atoms with E-state index in [9.17, 15) is 14.4 Å². The summed E-state index contributed by atoms with van der Waals surface area (Å²) in [5.41, 5.74) is 6.92. The quantitative estimate of drug-likeness (QED) is 0.252. The van der Waals surface area contributed by atoms with Gasteiger partial charge in [-0.25, -0.2) is 13.2 Å². The molecule has 0 spiro atoms. The minimum absolute atomic E-state index is 0.00650. The molecule has 9 rings (SSSR count). The summed E-state index contributed by atoms with van der Waals surface area (Å²) in [6.45, 7) is 3.55. The Hall–Kier alpha value is -4.23. The monoisotopic (exact) mass is 746 g/mol. The van der Waals surface area contributed by atoms with Crippen molar-refractivity contribution < 1.29 is 27.4 Å². The number of benzene rings is 2. The number of aromatic nitrogens is 2. The average Bonchev–Trinajstić information content (AvgIpc) is 3.94. The van der Waals surface area contributed by atoms with Crippen LogP contribution in [0, 0.1) is 23.0 Å². The number of ether oxygens (including phenoxy) is 2. The van der Waals surface area contributed by atoms with E-state index >= 15 is 8.78 Å². The first-order valence-corrected chi connectivity index (χ1v) is 19.1. The number of nitrogen functional groups attached to an aromatic ring is 1. The Balaban J connectivity index is 1.20. The fourth-order valence-corrected chi connectivity index (χ4v) is 10.6. The fourth-order valence-electron chi connectivity index (χ4n) is 9.69. The van der Waals surface area contributed by atoms with Gasteiger partial charge >= 0.3 is 6.01 Å². The Labute approximate surface area is 309 Å². The zero-order valence-electron chi connectivity index (χ0n) is 29.8. The van der Waals surface area contributed by atoms with Gasteiger partial charge in [0.2, 0.25) is 5.91 Å². The molecule has 2 aromatic carbocycles. The summed E-state index contributed by atoms with van der Waals surface area (Å²) in [6.07, 6.45) is 3.34. The van der Waals surface area contributed by atoms with E-state index in [-0.39, 0.29) is 76.4 Å². The highest BCUT2D eigenvalue weighted by Gasteiger charge is 2.50. The normalized spacial score (nSPS) is 25.4. The van der Waals surface area contributed by atoms with Gasteiger partial charge in [-0.05, 0) is 55.5 Å². The molecule has 7 heterocycles. The van der Waals surface area contributed by atoms with Gasteiger partial charge in [-0.1, -0.05) is 0 Å². The van der Waals surface area contributed by atoms with Crippen LogP contribution >= 0.6 is 11.3 Å². The van der Waals surface area contributed by atoms with E-state index in [4.69, 9.17) is 25.2 Å². The molecule has 11 nitrogen and oxygen atoms in total. The van der Waals surface area contributed by atoms with Crippen molar-refractivity contribution >= 4 is 49.1 Å². The molecule has 5 aliphatic rings. The second-order valence-corrected chi connectivity index (χ2v) is 16.5. The molecular weight excluding hydrogens is 706 g/mol. The first kappa shape index (κ1) is 34.5. The molecule has 2 aromatic heterocycles. The van der Waals surface area contributed by atoms with E-state index in [1.54, 1.807) is 25.1 Å². The minimum atomic E-state index is -0.948. The third-order valence-corrected chi connectivity index (χ3v) is 13.1. The molecular formula is C38H41F3N8O3S. The number of hydrogen-bond acceptors (Lipinski definition) is 11. The first-order chi connectivity index (χ1) is 25.6. The van der Waals surface area contributed by atoms with Crippen LogP contribution in [-0.2, 0) is 22.7 Å². The second kappa shape index (κ2) is 13.0. The van der Waals surface area contributed by atoms with Crippen LogP contribution in [-0.4, -0.2) is 108 Å². The number of nitrogens with zero attached hydrogens (tertiary/aromatic N) is 7. The lowest BCUT2D eigenvalue weighted by atomic mass is 9.90. The molecule has 15 heteroatoms. The number of alkyl halides is 1. The average molecular weight is 747 g/mol. The highest BCUT2D eigenvalue weighted by atomic mass is 32.1. The van der Waals surface area contributed by atoms with Gasteiger partial charge in [-0.2, -0.15) is 15.2 Å². The number of carbonyl (C=O) groups excluding carboxylic acids is 1. The number of amides is 1. The standard InChI is InChI=1S/C38H41F3N8O3S/c1-46(2)28(50)8-11-47-15-21-4-5-22(16-47)49(21)36-31-25-18-51-17-24(25)30(32-26(40)6-7-27-29(32)23(13-42)35(43)53-27)33(41)34(31)44-37(45-36)52-19-38-9-3-10-48(38)14-20(39)12-38/h6-7,20-22H,3-5,8-12,14-19,43H2,1-2H3/t20-,21?,22?,38+/m1/s1. The number of halogens is 3. The van der Waals surface area contributed by atoms with E-state index in [0.717, 1.165) is 43.6 Å². The van der Waals surface area contributed by atoms with Crippen molar-refractivity contribution in [3.05, 3.63) is 40.5 Å². The fraction of sp³-hybridized carbons (Fsp3) is 0.526. The first-order valence-electron chi connectivity index (χ1n) is 18.3. The topological polar surface area (TPSA) is 124 Å². The minimum Gasteiger partial charge on any atom is -0.461 e. The Morgan fingerprint density at radius 3 is 2.66 bits per heavy atom. The molecule has 4 atom stereocenters. The number of hydrogen-bond donors (Lipinski definition) is 1. The molecule has 4 saturated heterocycles. The Morgan fingerprint density at radius 1 is 1.13 bits per heavy atom. The number of likely N-dealkylation sites (tertiary alicyclic amines) is 1. The third-order valence-electron chi connectivity index (χ3n) is 12.1. The van der Waals surface area contributed by atoms with Crippen LogP contribution < -0.4 is 15.4 Å². The molecule has 0 aliphatic carbocycles. The number of fused-ring (bicyclic) bond motifs is 7. The lowest BCUT2D eigenvalue weighted by molar-refractivity contribution is -0.129. The summed E-state index contributed by atoms with van der Waals surface area (Å²) in [6, 6.07) is 5.00. The molecule has 53 heavy (non-hydrogen) atoms. The highest BCUT2D eigenvalue weighted by molar-refractivity contribution is 7.23. The molecule has 278 valence electrons. The van der Waals surface area contributed by atoms with Gasteiger partial charge in [0, 0.05) is 86.4 Å². The van der Waals surface area contributed by atoms with Crippen molar-refractivity contribution in [3.8, 4) is 23.2 Å². The van der Waals surface area contributed by atoms with Crippen LogP contribution in [0.4, 0.5) is 24.0 Å². The summed E-state index contributed by atoms with van der Waals surface area (Å²) in [4.78, 5) is 30.5. The molecule has 0 radical (unpaired) electrons. The largest absolute Gasteiger partial charge is 0.461 e. The van der Waals surface area contributed by atoms with Crippen molar-refractivity contribution in [2.75, 3.05) is 64.1 Å². The van der Waals surface area contributed by atoms with Gasteiger partial charge in [-0.15, -0.1) is 11.3 Å². The van der Waals surface area contributed by atoms with E-state index in [1.165, 1.54) is 6.07 Å². The molecule has 0 saturated carbocycles. The Bertz CT molecular complexity index is 2200. The number of piperazine rings is 1. The predicted molar refractivity (Wildman–Crippen MR) is 195 cm³/mol. The summed E-state index contributed by atoms with van der Waals surface area (Å²) < 4.78 is 61.4. The van der Waals surface area contributed by atoms with Crippen LogP contribution in [0.1, 0.15) is 55.2 Å². The van der Waals surface area contributed by atoms with Crippen molar-refractivity contribution in [3.63, 3.8) is 0 Å². The predicted octanol–water partition coefficient (Wildman–Crippen LogP) is 5.36. The molecule has 2 bridgehead atoms. The maximum atomic E-state index is 17.6. The van der Waals surface area contributed by atoms with E-state index < -0.39 is 23.3 Å². The Kier molecular flexibility index (Phi) is 8.45. The zero-order valence-corrected chi connectivity index (χ0v) is 30.6. The van der Waals surface area contributed by atoms with Crippen LogP contribution in [0.5, 0.6) is 6.01 Å². The smallest absolute Gasteiger partial charge is 0.319 e. The lowest BCUT2D eigenvalue weighted by Crippen LogP contribution is -2.54. The molecule has 4 aromatic rings. The maximum absolute atomic E-state index is 17.6. The van der Waals surface area contributed by atoms with E-state index in [0.29, 0.717) is 66.1 Å². The van der Waals surface area contributed by atoms with E-state index in [1.807, 2.05) is 0 Å². The van der Waals surface area contributed by atoms with Gasteiger partial charge in [0.15, 0.2) is 5.82 Å². The number of nitrogens with two attached hydrogens (primary N) is 1. The number of rotatable bonds is 8. The van der Waals surface area contributed by atoms with Gasteiger partial charge in [-0.3, -0.25) is 14.6 Å². The molecule has 4 fully saturated rings. The summed E-state index contributed by atoms with van der Waals surface area (Å²) in [5, 5.41) is 11.0. The number of thiophene rings is 1. The van der Waals surface area contributed by atoms with Crippen LogP contribution in [0.25, 0.3) is 32.1 Å². The third kappa shape index (κ3) is 5.51. The lowest BCUT2D eigenvalue weighted by Gasteiger charge is -2.42. The second-order valence-electron chi connectivity index (χ2n) is 15.4. The van der Waals surface area contributed by atoms with Crippen molar-refractivity contribution in [1.82, 2.24) is 24.7 Å². The highest BCUT2D eigenvalue weighted by Crippen LogP contribution is 2.49. The van der Waals surface area contributed by atoms with Gasteiger partial charge < -0.3 is 25.0 Å². The van der Waals surface area contributed by atoms with E-state index in [2.05, 4.69) is 20.8 Å². The van der Waals surface area contributed by atoms with Crippen LogP contribution in [0.3, 0.4) is 0 Å².